The summed E-state index contributed by atoms with van der Waals surface area (Å²) < 4.78 is 0. The molecule has 4 heteroatoms. The van der Waals surface area contributed by atoms with Gasteiger partial charge in [0.25, 0.3) is 0 Å². The number of hydrogen-bond donors (Lipinski definition) is 0. The molecule has 4 nitrogen and oxygen atoms in total. The third-order valence-corrected chi connectivity index (χ3v) is 5.34. The number of rotatable bonds is 4. The number of carbonyl (C=O) groups excluding carboxylic acids is 1. The van der Waals surface area contributed by atoms with Crippen molar-refractivity contribution in [2.24, 2.45) is 4.99 Å². The number of hydrogen-bond acceptors (Lipinski definition) is 4. The Hall–Kier alpha value is -3.40. The largest absolute Gasteiger partial charge is 0.294 e. The highest BCUT2D eigenvalue weighted by Gasteiger charge is 2.24. The fraction of sp³-hybridized carbons (Fsp3) is 0.167. The van der Waals surface area contributed by atoms with E-state index in [2.05, 4.69) is 22.1 Å². The zero-order valence-corrected chi connectivity index (χ0v) is 15.6. The summed E-state index contributed by atoms with van der Waals surface area (Å²) in [5.41, 5.74) is 9.46. The zero-order valence-electron chi connectivity index (χ0n) is 15.6. The molecule has 0 atom stereocenters. The van der Waals surface area contributed by atoms with Crippen molar-refractivity contribution in [3.63, 3.8) is 0 Å². The molecule has 1 aliphatic carbocycles. The van der Waals surface area contributed by atoms with Gasteiger partial charge in [-0.1, -0.05) is 12.1 Å². The molecule has 0 amide bonds. The van der Waals surface area contributed by atoms with E-state index >= 15 is 0 Å². The highest BCUT2D eigenvalue weighted by atomic mass is 16.1. The Bertz CT molecular complexity index is 1160. The van der Waals surface area contributed by atoms with Crippen LogP contribution < -0.4 is 0 Å². The van der Waals surface area contributed by atoms with Crippen LogP contribution in [0.1, 0.15) is 39.2 Å². The van der Waals surface area contributed by atoms with Gasteiger partial charge in [0, 0.05) is 46.9 Å². The molecule has 0 saturated carbocycles. The Morgan fingerprint density at radius 2 is 1.93 bits per heavy atom. The smallest absolute Gasteiger partial charge is 0.165 e. The van der Waals surface area contributed by atoms with E-state index in [0.717, 1.165) is 39.4 Å². The summed E-state index contributed by atoms with van der Waals surface area (Å²) in [5, 5.41) is 0. The number of aryl methyl sites for hydroxylation is 1. The lowest BCUT2D eigenvalue weighted by atomic mass is 9.96. The fourth-order valence-electron chi connectivity index (χ4n) is 3.96. The molecule has 0 N–H and O–H groups in total. The van der Waals surface area contributed by atoms with Gasteiger partial charge in [0.05, 0.1) is 18.7 Å². The maximum atomic E-state index is 12.8. The average molecular weight is 365 g/mol. The van der Waals surface area contributed by atoms with E-state index in [1.54, 1.807) is 12.4 Å². The molecular formula is C24H19N3O. The van der Waals surface area contributed by atoms with Crippen LogP contribution in [0.4, 0.5) is 0 Å². The summed E-state index contributed by atoms with van der Waals surface area (Å²) in [5.74, 6) is 0.150. The molecule has 1 aliphatic heterocycles. The normalized spacial score (nSPS) is 14.3. The number of aliphatic imine (C=N–C) groups is 1. The van der Waals surface area contributed by atoms with Gasteiger partial charge in [-0.15, -0.1) is 0 Å². The molecule has 3 aromatic rings. The Morgan fingerprint density at radius 3 is 2.75 bits per heavy atom. The lowest BCUT2D eigenvalue weighted by Gasteiger charge is -2.07. The minimum atomic E-state index is 0.150. The van der Waals surface area contributed by atoms with Gasteiger partial charge in [-0.25, -0.2) is 0 Å². The van der Waals surface area contributed by atoms with Crippen molar-refractivity contribution in [2.45, 2.75) is 26.3 Å². The van der Waals surface area contributed by atoms with Crippen LogP contribution in [0.5, 0.6) is 0 Å². The molecule has 28 heavy (non-hydrogen) atoms. The highest BCUT2D eigenvalue weighted by molar-refractivity contribution is 6.15. The van der Waals surface area contributed by atoms with Crippen LogP contribution in [0, 0.1) is 6.92 Å². The maximum Gasteiger partial charge on any atom is 0.165 e. The van der Waals surface area contributed by atoms with Crippen molar-refractivity contribution in [3.05, 3.63) is 99.6 Å². The van der Waals surface area contributed by atoms with Crippen molar-refractivity contribution in [2.75, 3.05) is 0 Å². The van der Waals surface area contributed by atoms with E-state index in [-0.39, 0.29) is 5.78 Å². The first-order chi connectivity index (χ1) is 13.7. The first kappa shape index (κ1) is 16.8. The van der Waals surface area contributed by atoms with Crippen LogP contribution in [-0.4, -0.2) is 21.5 Å². The van der Waals surface area contributed by atoms with Gasteiger partial charge in [0.1, 0.15) is 0 Å². The van der Waals surface area contributed by atoms with Gasteiger partial charge in [0.2, 0.25) is 0 Å². The van der Waals surface area contributed by atoms with E-state index in [4.69, 9.17) is 4.99 Å². The molecule has 5 rings (SSSR count). The second-order valence-corrected chi connectivity index (χ2v) is 7.33. The van der Waals surface area contributed by atoms with E-state index < -0.39 is 0 Å². The number of pyridine rings is 2. The first-order valence-corrected chi connectivity index (χ1v) is 9.45. The third-order valence-electron chi connectivity index (χ3n) is 5.34. The van der Waals surface area contributed by atoms with Crippen molar-refractivity contribution >= 4 is 17.6 Å². The van der Waals surface area contributed by atoms with Crippen LogP contribution in [0.2, 0.25) is 0 Å². The lowest BCUT2D eigenvalue weighted by Crippen LogP contribution is -2.08. The SMILES string of the molecule is Cc1cccc(CC(=O)C2=Cc3cc4c(cc3C2)CN=C4c2ccncc2)n1. The molecule has 0 bridgehead atoms. The molecular weight excluding hydrogens is 346 g/mol. The summed E-state index contributed by atoms with van der Waals surface area (Å²) in [6, 6.07) is 14.2. The predicted octanol–water partition coefficient (Wildman–Crippen LogP) is 3.89. The van der Waals surface area contributed by atoms with Crippen LogP contribution in [-0.2, 0) is 24.2 Å². The number of ketones is 1. The van der Waals surface area contributed by atoms with E-state index in [1.807, 2.05) is 43.3 Å². The Morgan fingerprint density at radius 1 is 1.07 bits per heavy atom. The average Bonchev–Trinajstić information content (AvgIpc) is 3.30. The molecule has 0 unspecified atom stereocenters. The maximum absolute atomic E-state index is 12.8. The third kappa shape index (κ3) is 2.97. The molecule has 136 valence electrons. The van der Waals surface area contributed by atoms with E-state index in [1.165, 1.54) is 11.1 Å². The summed E-state index contributed by atoms with van der Waals surface area (Å²) >= 11 is 0. The van der Waals surface area contributed by atoms with Gasteiger partial charge < -0.3 is 0 Å². The lowest BCUT2D eigenvalue weighted by molar-refractivity contribution is -0.115. The summed E-state index contributed by atoms with van der Waals surface area (Å²) in [4.78, 5) is 26.1. The van der Waals surface area contributed by atoms with E-state index in [0.29, 0.717) is 19.4 Å². The van der Waals surface area contributed by atoms with Crippen molar-refractivity contribution in [1.29, 1.82) is 0 Å². The number of nitrogens with zero attached hydrogens (tertiary/aromatic N) is 3. The molecule has 0 radical (unpaired) electrons. The Balaban J connectivity index is 1.42. The molecule has 3 heterocycles. The number of fused-ring (bicyclic) bond motifs is 2. The molecule has 2 aromatic heterocycles. The van der Waals surface area contributed by atoms with Crippen molar-refractivity contribution in [3.8, 4) is 0 Å². The monoisotopic (exact) mass is 365 g/mol. The molecule has 0 spiro atoms. The molecule has 1 aromatic carbocycles. The van der Waals surface area contributed by atoms with Gasteiger partial charge in [-0.3, -0.25) is 19.8 Å². The first-order valence-electron chi connectivity index (χ1n) is 9.45. The molecule has 2 aliphatic rings. The quantitative estimate of drug-likeness (QED) is 0.705. The topological polar surface area (TPSA) is 55.2 Å². The zero-order chi connectivity index (χ0) is 19.1. The second-order valence-electron chi connectivity index (χ2n) is 7.33. The van der Waals surface area contributed by atoms with Crippen molar-refractivity contribution in [1.82, 2.24) is 9.97 Å². The summed E-state index contributed by atoms with van der Waals surface area (Å²) in [7, 11) is 0. The van der Waals surface area contributed by atoms with Crippen molar-refractivity contribution < 1.29 is 4.79 Å². The van der Waals surface area contributed by atoms with Gasteiger partial charge >= 0.3 is 0 Å². The Kier molecular flexibility index (Phi) is 3.97. The molecule has 0 saturated heterocycles. The predicted molar refractivity (Wildman–Crippen MR) is 109 cm³/mol. The number of allylic oxidation sites excluding steroid dienone is 1. The molecule has 0 fully saturated rings. The summed E-state index contributed by atoms with van der Waals surface area (Å²) in [6.45, 7) is 2.64. The number of carbonyl (C=O) groups is 1. The number of Topliss-reactive ketones (excluding diaryl/α,β-unsaturated/α-hetero) is 1. The fourth-order valence-corrected chi connectivity index (χ4v) is 3.96. The standard InChI is InChI=1S/C24H19N3O/c1-15-3-2-4-21(27-15)13-23(28)19-9-17-11-20-14-26-24(16-5-7-25-8-6-16)22(20)12-18(17)10-19/h2-8,10-12H,9,13-14H2,1H3. The van der Waals surface area contributed by atoms with Crippen LogP contribution >= 0.6 is 0 Å². The second kappa shape index (κ2) is 6.64. The van der Waals surface area contributed by atoms with Crippen LogP contribution in [0.25, 0.3) is 6.08 Å². The minimum absolute atomic E-state index is 0.150. The highest BCUT2D eigenvalue weighted by Crippen LogP contribution is 2.33. The summed E-state index contributed by atoms with van der Waals surface area (Å²) in [6.07, 6.45) is 6.66. The Labute approximate surface area is 163 Å². The number of aromatic nitrogens is 2. The van der Waals surface area contributed by atoms with Gasteiger partial charge in [0.15, 0.2) is 5.78 Å². The number of benzene rings is 1. The van der Waals surface area contributed by atoms with Gasteiger partial charge in [-0.05, 0) is 60.0 Å². The van der Waals surface area contributed by atoms with Crippen LogP contribution in [0.3, 0.4) is 0 Å². The van der Waals surface area contributed by atoms with Crippen LogP contribution in [0.15, 0.2) is 65.4 Å². The minimum Gasteiger partial charge on any atom is -0.294 e. The van der Waals surface area contributed by atoms with Gasteiger partial charge in [-0.2, -0.15) is 0 Å². The van der Waals surface area contributed by atoms with E-state index in [9.17, 15) is 4.79 Å².